The van der Waals surface area contributed by atoms with Gasteiger partial charge in [0.05, 0.1) is 15.3 Å². The summed E-state index contributed by atoms with van der Waals surface area (Å²) in [6, 6.07) is 1.54. The SMILES string of the molecule is C[C@@H](Sc1nnc(N2CCCC2)s1)C(=O)Nc1ncc(Cl)cc1Cl. The minimum Gasteiger partial charge on any atom is -0.347 e. The molecule has 0 aliphatic carbocycles. The number of carbonyl (C=O) groups is 1. The largest absolute Gasteiger partial charge is 0.347 e. The van der Waals surface area contributed by atoms with Gasteiger partial charge in [0.2, 0.25) is 11.0 Å². The number of nitrogens with one attached hydrogen (secondary N) is 1. The van der Waals surface area contributed by atoms with Crippen molar-refractivity contribution in [1.29, 1.82) is 0 Å². The van der Waals surface area contributed by atoms with Gasteiger partial charge in [0.25, 0.3) is 0 Å². The van der Waals surface area contributed by atoms with Crippen LogP contribution in [0.3, 0.4) is 0 Å². The minimum atomic E-state index is -0.349. The van der Waals surface area contributed by atoms with Crippen molar-refractivity contribution in [2.24, 2.45) is 0 Å². The van der Waals surface area contributed by atoms with Gasteiger partial charge in [-0.3, -0.25) is 4.79 Å². The van der Waals surface area contributed by atoms with Crippen LogP contribution in [0.1, 0.15) is 19.8 Å². The van der Waals surface area contributed by atoms with E-state index in [0.29, 0.717) is 15.9 Å². The fourth-order valence-electron chi connectivity index (χ4n) is 2.22. The third-order valence-electron chi connectivity index (χ3n) is 3.47. The van der Waals surface area contributed by atoms with E-state index in [0.717, 1.165) is 22.6 Å². The Morgan fingerprint density at radius 3 is 2.83 bits per heavy atom. The molecule has 3 heterocycles. The quantitative estimate of drug-likeness (QED) is 0.761. The van der Waals surface area contributed by atoms with E-state index in [-0.39, 0.29) is 11.2 Å². The normalized spacial score (nSPS) is 15.5. The monoisotopic (exact) mass is 403 g/mol. The Hall–Kier alpha value is -1.09. The number of amides is 1. The first-order chi connectivity index (χ1) is 11.5. The number of thioether (sulfide) groups is 1. The van der Waals surface area contributed by atoms with Crippen LogP contribution in [0.25, 0.3) is 0 Å². The molecule has 128 valence electrons. The molecule has 2 aromatic rings. The zero-order chi connectivity index (χ0) is 17.1. The highest BCUT2D eigenvalue weighted by Gasteiger charge is 2.21. The van der Waals surface area contributed by atoms with E-state index < -0.39 is 0 Å². The van der Waals surface area contributed by atoms with Gasteiger partial charge in [-0.2, -0.15) is 0 Å². The lowest BCUT2D eigenvalue weighted by Crippen LogP contribution is -2.23. The highest BCUT2D eigenvalue weighted by molar-refractivity contribution is 8.02. The van der Waals surface area contributed by atoms with Crippen molar-refractivity contribution >= 4 is 63.2 Å². The molecule has 1 aliphatic rings. The molecule has 0 saturated carbocycles. The number of rotatable bonds is 5. The van der Waals surface area contributed by atoms with Crippen molar-refractivity contribution in [2.75, 3.05) is 23.3 Å². The number of hydrogen-bond acceptors (Lipinski definition) is 7. The second kappa shape index (κ2) is 7.86. The third kappa shape index (κ3) is 4.30. The smallest absolute Gasteiger partial charge is 0.238 e. The van der Waals surface area contributed by atoms with E-state index in [1.165, 1.54) is 48.2 Å². The van der Waals surface area contributed by atoms with Crippen LogP contribution in [0, 0.1) is 0 Å². The van der Waals surface area contributed by atoms with Crippen LogP contribution in [0.15, 0.2) is 16.6 Å². The Morgan fingerprint density at radius 1 is 1.38 bits per heavy atom. The highest BCUT2D eigenvalue weighted by atomic mass is 35.5. The zero-order valence-electron chi connectivity index (χ0n) is 12.8. The van der Waals surface area contributed by atoms with Gasteiger partial charge < -0.3 is 10.2 Å². The van der Waals surface area contributed by atoms with Crippen molar-refractivity contribution in [3.05, 3.63) is 22.3 Å². The molecule has 0 aromatic carbocycles. The molecule has 1 amide bonds. The molecule has 10 heteroatoms. The fourth-order valence-corrected chi connectivity index (χ4v) is 4.68. The summed E-state index contributed by atoms with van der Waals surface area (Å²) >= 11 is 14.7. The Kier molecular flexibility index (Phi) is 5.80. The third-order valence-corrected chi connectivity index (χ3v) is 6.13. The zero-order valence-corrected chi connectivity index (χ0v) is 16.0. The van der Waals surface area contributed by atoms with Gasteiger partial charge in [-0.05, 0) is 25.8 Å². The van der Waals surface area contributed by atoms with Gasteiger partial charge in [0.1, 0.15) is 0 Å². The fraction of sp³-hybridized carbons (Fsp3) is 0.429. The number of halogens is 2. The molecule has 1 saturated heterocycles. The Labute approximate surface area is 158 Å². The molecule has 1 aliphatic heterocycles. The summed E-state index contributed by atoms with van der Waals surface area (Å²) in [6.07, 6.45) is 3.82. The van der Waals surface area contributed by atoms with E-state index in [2.05, 4.69) is 25.4 Å². The maximum Gasteiger partial charge on any atom is 0.238 e. The molecule has 1 N–H and O–H groups in total. The maximum absolute atomic E-state index is 12.3. The summed E-state index contributed by atoms with van der Waals surface area (Å²) < 4.78 is 0.773. The number of pyridine rings is 1. The number of hydrogen-bond donors (Lipinski definition) is 1. The Bertz CT molecular complexity index is 736. The van der Waals surface area contributed by atoms with E-state index in [1.807, 2.05) is 0 Å². The Morgan fingerprint density at radius 2 is 2.12 bits per heavy atom. The number of nitrogens with zero attached hydrogens (tertiary/aromatic N) is 4. The second-order valence-corrected chi connectivity index (χ2v) is 8.67. The van der Waals surface area contributed by atoms with Crippen LogP contribution in [0.5, 0.6) is 0 Å². The molecule has 2 aromatic heterocycles. The first kappa shape index (κ1) is 17.7. The number of anilines is 2. The molecular weight excluding hydrogens is 389 g/mol. The molecule has 1 atom stereocenters. The van der Waals surface area contributed by atoms with E-state index in [4.69, 9.17) is 23.2 Å². The Balaban J connectivity index is 1.59. The van der Waals surface area contributed by atoms with Crippen molar-refractivity contribution < 1.29 is 4.79 Å². The topological polar surface area (TPSA) is 71.0 Å². The summed E-state index contributed by atoms with van der Waals surface area (Å²) in [4.78, 5) is 18.6. The predicted molar refractivity (Wildman–Crippen MR) is 99.6 cm³/mol. The van der Waals surface area contributed by atoms with Crippen LogP contribution in [-0.4, -0.2) is 39.4 Å². The summed E-state index contributed by atoms with van der Waals surface area (Å²) in [6.45, 7) is 3.85. The summed E-state index contributed by atoms with van der Waals surface area (Å²) in [5, 5.41) is 12.4. The molecule has 1 fully saturated rings. The maximum atomic E-state index is 12.3. The van der Waals surface area contributed by atoms with E-state index in [1.54, 1.807) is 6.92 Å². The lowest BCUT2D eigenvalue weighted by atomic mass is 10.4. The standard InChI is InChI=1S/C14H15Cl2N5OS2/c1-8(12(22)18-11-10(16)6-9(15)7-17-11)23-14-20-19-13(24-14)21-4-2-3-5-21/h6-8H,2-5H2,1H3,(H,17,18,22)/t8-/m1/s1. The lowest BCUT2D eigenvalue weighted by molar-refractivity contribution is -0.115. The summed E-state index contributed by atoms with van der Waals surface area (Å²) in [7, 11) is 0. The van der Waals surface area contributed by atoms with Gasteiger partial charge in [-0.15, -0.1) is 10.2 Å². The van der Waals surface area contributed by atoms with Crippen molar-refractivity contribution in [2.45, 2.75) is 29.4 Å². The van der Waals surface area contributed by atoms with Crippen molar-refractivity contribution in [1.82, 2.24) is 15.2 Å². The first-order valence-electron chi connectivity index (χ1n) is 7.40. The van der Waals surface area contributed by atoms with Gasteiger partial charge in [0.15, 0.2) is 10.2 Å². The molecule has 0 spiro atoms. The van der Waals surface area contributed by atoms with Crippen LogP contribution in [0.2, 0.25) is 10.0 Å². The predicted octanol–water partition coefficient (Wildman–Crippen LogP) is 3.96. The van der Waals surface area contributed by atoms with Crippen LogP contribution >= 0.6 is 46.3 Å². The molecule has 24 heavy (non-hydrogen) atoms. The molecule has 6 nitrogen and oxygen atoms in total. The summed E-state index contributed by atoms with van der Waals surface area (Å²) in [5.74, 6) is 0.100. The van der Waals surface area contributed by atoms with Gasteiger partial charge in [0, 0.05) is 19.3 Å². The van der Waals surface area contributed by atoms with E-state index >= 15 is 0 Å². The number of aromatic nitrogens is 3. The molecule has 3 rings (SSSR count). The molecule has 0 unspecified atom stereocenters. The lowest BCUT2D eigenvalue weighted by Gasteiger charge is -2.11. The average molecular weight is 404 g/mol. The summed E-state index contributed by atoms with van der Waals surface area (Å²) in [5.41, 5.74) is 0. The second-order valence-electron chi connectivity index (χ2n) is 5.28. The van der Waals surface area contributed by atoms with Gasteiger partial charge in [-0.1, -0.05) is 46.3 Å². The van der Waals surface area contributed by atoms with Crippen LogP contribution in [0.4, 0.5) is 10.9 Å². The van der Waals surface area contributed by atoms with Crippen molar-refractivity contribution in [3.63, 3.8) is 0 Å². The molecule has 0 bridgehead atoms. The average Bonchev–Trinajstić information content (AvgIpc) is 3.20. The molecular formula is C14H15Cl2N5OS2. The van der Waals surface area contributed by atoms with Gasteiger partial charge in [-0.25, -0.2) is 4.98 Å². The number of carbonyl (C=O) groups excluding carboxylic acids is 1. The van der Waals surface area contributed by atoms with E-state index in [9.17, 15) is 4.79 Å². The minimum absolute atomic E-state index is 0.199. The van der Waals surface area contributed by atoms with Crippen LogP contribution < -0.4 is 10.2 Å². The highest BCUT2D eigenvalue weighted by Crippen LogP contribution is 2.32. The first-order valence-corrected chi connectivity index (χ1v) is 9.85. The van der Waals surface area contributed by atoms with Crippen LogP contribution in [-0.2, 0) is 4.79 Å². The molecule has 0 radical (unpaired) electrons. The van der Waals surface area contributed by atoms with Gasteiger partial charge >= 0.3 is 0 Å². The van der Waals surface area contributed by atoms with Crippen molar-refractivity contribution in [3.8, 4) is 0 Å².